The number of allylic oxidation sites excluding steroid dienone is 1. The molecule has 0 atom stereocenters. The second-order valence-electron chi connectivity index (χ2n) is 7.29. The molecule has 0 aliphatic rings. The van der Waals surface area contributed by atoms with Crippen LogP contribution in [0.1, 0.15) is 16.1 Å². The highest BCUT2D eigenvalue weighted by Crippen LogP contribution is 2.25. The van der Waals surface area contributed by atoms with Crippen LogP contribution in [0.5, 0.6) is 0 Å². The summed E-state index contributed by atoms with van der Waals surface area (Å²) in [6.07, 6.45) is 4.48. The summed E-state index contributed by atoms with van der Waals surface area (Å²) < 4.78 is 28.0. The van der Waals surface area contributed by atoms with Crippen molar-refractivity contribution in [2.45, 2.75) is 22.8 Å². The highest BCUT2D eigenvalue weighted by Gasteiger charge is 2.20. The summed E-state index contributed by atoms with van der Waals surface area (Å²) in [4.78, 5) is 14.3. The van der Waals surface area contributed by atoms with Crippen molar-refractivity contribution in [1.82, 2.24) is 14.2 Å². The van der Waals surface area contributed by atoms with Crippen LogP contribution in [0.15, 0.2) is 71.0 Å². The predicted octanol–water partition coefficient (Wildman–Crippen LogP) is 3.77. The van der Waals surface area contributed by atoms with E-state index in [0.717, 1.165) is 17.5 Å². The van der Waals surface area contributed by atoms with Gasteiger partial charge >= 0.3 is 0 Å². The summed E-state index contributed by atoms with van der Waals surface area (Å²) in [5.74, 6) is -0.198. The van der Waals surface area contributed by atoms with E-state index >= 15 is 0 Å². The van der Waals surface area contributed by atoms with Crippen LogP contribution in [0.4, 0.5) is 0 Å². The molecule has 0 radical (unpaired) electrons. The number of aromatic nitrogens is 1. The highest BCUT2D eigenvalue weighted by molar-refractivity contribution is 7.98. The summed E-state index contributed by atoms with van der Waals surface area (Å²) in [5.41, 5.74) is 2.42. The van der Waals surface area contributed by atoms with Crippen LogP contribution in [-0.2, 0) is 23.0 Å². The Labute approximate surface area is 188 Å². The topological polar surface area (TPSA) is 71.4 Å². The van der Waals surface area contributed by atoms with Crippen molar-refractivity contribution in [3.8, 4) is 0 Å². The number of benzene rings is 2. The van der Waals surface area contributed by atoms with Gasteiger partial charge in [-0.05, 0) is 54.6 Å². The lowest BCUT2D eigenvalue weighted by atomic mass is 10.1. The van der Waals surface area contributed by atoms with Crippen LogP contribution in [0.2, 0.25) is 0 Å². The number of thioether (sulfide) groups is 1. The molecule has 3 rings (SSSR count). The number of fused-ring (bicyclic) bond motifs is 1. The molecule has 164 valence electrons. The van der Waals surface area contributed by atoms with E-state index in [1.54, 1.807) is 42.1 Å². The van der Waals surface area contributed by atoms with Crippen LogP contribution >= 0.6 is 11.8 Å². The van der Waals surface area contributed by atoms with Gasteiger partial charge in [0.2, 0.25) is 10.0 Å². The van der Waals surface area contributed by atoms with E-state index < -0.39 is 10.0 Å². The number of rotatable bonds is 9. The summed E-state index contributed by atoms with van der Waals surface area (Å²) in [6, 6.07) is 14.9. The van der Waals surface area contributed by atoms with Gasteiger partial charge in [-0.25, -0.2) is 12.7 Å². The third kappa shape index (κ3) is 5.03. The lowest BCUT2D eigenvalue weighted by Gasteiger charge is -2.12. The first kappa shape index (κ1) is 23.1. The fourth-order valence-electron chi connectivity index (χ4n) is 3.34. The number of amides is 1. The molecule has 0 saturated carbocycles. The van der Waals surface area contributed by atoms with Crippen molar-refractivity contribution in [2.75, 3.05) is 26.9 Å². The number of hydrogen-bond donors (Lipinski definition) is 1. The zero-order valence-electron chi connectivity index (χ0n) is 18.0. The quantitative estimate of drug-likeness (QED) is 0.392. The zero-order chi connectivity index (χ0) is 22.6. The summed E-state index contributed by atoms with van der Waals surface area (Å²) >= 11 is 1.69. The Bertz CT molecular complexity index is 1200. The Kier molecular flexibility index (Phi) is 7.25. The standard InChI is InChI=1S/C23H27N3O3S2/c1-5-14-26-21-11-10-20(31(28,29)25(2)3)15-18(21)16-22(26)23(27)24-13-12-17-6-8-19(30-4)9-7-17/h5-11,15-16H,1,12-14H2,2-4H3,(H,24,27). The van der Waals surface area contributed by atoms with Gasteiger partial charge < -0.3 is 9.88 Å². The van der Waals surface area contributed by atoms with E-state index in [2.05, 4.69) is 36.2 Å². The number of nitrogens with zero attached hydrogens (tertiary/aromatic N) is 2. The fourth-order valence-corrected chi connectivity index (χ4v) is 4.68. The molecule has 1 aromatic heterocycles. The van der Waals surface area contributed by atoms with Gasteiger partial charge in [-0.3, -0.25) is 4.79 Å². The van der Waals surface area contributed by atoms with E-state index in [0.29, 0.717) is 24.2 Å². The smallest absolute Gasteiger partial charge is 0.267 e. The Morgan fingerprint density at radius 2 is 1.87 bits per heavy atom. The van der Waals surface area contributed by atoms with Gasteiger partial charge in [0, 0.05) is 43.0 Å². The summed E-state index contributed by atoms with van der Waals surface area (Å²) in [7, 11) is -0.561. The predicted molar refractivity (Wildman–Crippen MR) is 127 cm³/mol. The molecule has 0 aliphatic carbocycles. The lowest BCUT2D eigenvalue weighted by molar-refractivity contribution is 0.0946. The second kappa shape index (κ2) is 9.72. The third-order valence-electron chi connectivity index (χ3n) is 5.05. The Morgan fingerprint density at radius 3 is 2.48 bits per heavy atom. The van der Waals surface area contributed by atoms with Crippen molar-refractivity contribution in [3.05, 3.63) is 72.4 Å². The molecule has 0 bridgehead atoms. The average Bonchev–Trinajstić information content (AvgIpc) is 3.12. The van der Waals surface area contributed by atoms with Gasteiger partial charge in [0.1, 0.15) is 5.69 Å². The van der Waals surface area contributed by atoms with Gasteiger partial charge in [-0.1, -0.05) is 18.2 Å². The number of carbonyl (C=O) groups is 1. The minimum Gasteiger partial charge on any atom is -0.350 e. The molecule has 31 heavy (non-hydrogen) atoms. The SMILES string of the molecule is C=CCn1c(C(=O)NCCc2ccc(SC)cc2)cc2cc(S(=O)(=O)N(C)C)ccc21. The minimum absolute atomic E-state index is 0.196. The van der Waals surface area contributed by atoms with E-state index in [1.165, 1.54) is 23.3 Å². The van der Waals surface area contributed by atoms with Crippen LogP contribution in [-0.4, -0.2) is 50.1 Å². The molecule has 1 N–H and O–H groups in total. The second-order valence-corrected chi connectivity index (χ2v) is 10.3. The minimum atomic E-state index is -3.55. The zero-order valence-corrected chi connectivity index (χ0v) is 19.6. The fraction of sp³-hybridized carbons (Fsp3) is 0.261. The van der Waals surface area contributed by atoms with Crippen molar-refractivity contribution in [3.63, 3.8) is 0 Å². The Morgan fingerprint density at radius 1 is 1.16 bits per heavy atom. The summed E-state index contributed by atoms with van der Waals surface area (Å²) in [5, 5.41) is 3.67. The molecule has 1 amide bonds. The first-order valence-corrected chi connectivity index (χ1v) is 12.5. The average molecular weight is 458 g/mol. The van der Waals surface area contributed by atoms with Gasteiger partial charge in [-0.15, -0.1) is 18.3 Å². The molecule has 0 unspecified atom stereocenters. The Hall–Kier alpha value is -2.55. The molecule has 2 aromatic carbocycles. The molecule has 6 nitrogen and oxygen atoms in total. The van der Waals surface area contributed by atoms with Gasteiger partial charge in [0.05, 0.1) is 4.90 Å². The maximum absolute atomic E-state index is 12.9. The molecule has 1 heterocycles. The molecule has 0 aliphatic heterocycles. The molecule has 0 fully saturated rings. The summed E-state index contributed by atoms with van der Waals surface area (Å²) in [6.45, 7) is 4.74. The molecular formula is C23H27N3O3S2. The maximum Gasteiger partial charge on any atom is 0.267 e. The van der Waals surface area contributed by atoms with Crippen molar-refractivity contribution in [2.24, 2.45) is 0 Å². The van der Waals surface area contributed by atoms with Gasteiger partial charge in [0.25, 0.3) is 5.91 Å². The van der Waals surface area contributed by atoms with Crippen LogP contribution in [0.3, 0.4) is 0 Å². The highest BCUT2D eigenvalue weighted by atomic mass is 32.2. The van der Waals surface area contributed by atoms with E-state index in [9.17, 15) is 13.2 Å². The maximum atomic E-state index is 12.9. The molecule has 3 aromatic rings. The molecule has 8 heteroatoms. The van der Waals surface area contributed by atoms with Crippen LogP contribution in [0, 0.1) is 0 Å². The normalized spacial score (nSPS) is 11.7. The van der Waals surface area contributed by atoms with Gasteiger partial charge in [0.15, 0.2) is 0 Å². The molecular weight excluding hydrogens is 430 g/mol. The largest absolute Gasteiger partial charge is 0.350 e. The lowest BCUT2D eigenvalue weighted by Crippen LogP contribution is -2.27. The number of sulfonamides is 1. The van der Waals surface area contributed by atoms with Crippen LogP contribution in [0.25, 0.3) is 10.9 Å². The first-order valence-electron chi connectivity index (χ1n) is 9.85. The van der Waals surface area contributed by atoms with Crippen molar-refractivity contribution < 1.29 is 13.2 Å². The van der Waals surface area contributed by atoms with E-state index in [-0.39, 0.29) is 10.8 Å². The number of nitrogens with one attached hydrogen (secondary N) is 1. The van der Waals surface area contributed by atoms with Crippen molar-refractivity contribution >= 4 is 38.6 Å². The monoisotopic (exact) mass is 457 g/mol. The number of hydrogen-bond acceptors (Lipinski definition) is 4. The first-order chi connectivity index (χ1) is 14.8. The molecule has 0 spiro atoms. The van der Waals surface area contributed by atoms with Crippen molar-refractivity contribution in [1.29, 1.82) is 0 Å². The third-order valence-corrected chi connectivity index (χ3v) is 7.61. The number of carbonyl (C=O) groups excluding carboxylic acids is 1. The van der Waals surface area contributed by atoms with E-state index in [4.69, 9.17) is 0 Å². The Balaban J connectivity index is 1.82. The van der Waals surface area contributed by atoms with Gasteiger partial charge in [-0.2, -0.15) is 0 Å². The van der Waals surface area contributed by atoms with Crippen LogP contribution < -0.4 is 5.32 Å². The molecule has 0 saturated heterocycles. The van der Waals surface area contributed by atoms with E-state index in [1.807, 2.05) is 10.8 Å².